The fourth-order valence-corrected chi connectivity index (χ4v) is 3.64. The van der Waals surface area contributed by atoms with Crippen molar-refractivity contribution in [3.63, 3.8) is 0 Å². The number of rotatable bonds is 4. The topological polar surface area (TPSA) is 90.3 Å². The Morgan fingerprint density at radius 3 is 2.69 bits per heavy atom. The normalized spacial score (nSPS) is 16.2. The Kier molecular flexibility index (Phi) is 5.06. The molecule has 0 aliphatic heterocycles. The number of carbonyl (C=O) groups is 2. The molecule has 1 fully saturated rings. The minimum absolute atomic E-state index is 0.186. The molecule has 1 saturated carbocycles. The van der Waals surface area contributed by atoms with Gasteiger partial charge in [0.25, 0.3) is 5.56 Å². The number of nitrogens with zero attached hydrogens (tertiary/aromatic N) is 2. The quantitative estimate of drug-likeness (QED) is 0.841. The van der Waals surface area contributed by atoms with Crippen molar-refractivity contribution in [2.75, 3.05) is 7.11 Å². The van der Waals surface area contributed by atoms with Crippen molar-refractivity contribution in [3.8, 4) is 0 Å². The van der Waals surface area contributed by atoms with Gasteiger partial charge in [0.1, 0.15) is 12.1 Å². The minimum atomic E-state index is -0.992. The second-order valence-electron chi connectivity index (χ2n) is 6.83. The van der Waals surface area contributed by atoms with E-state index in [0.29, 0.717) is 23.7 Å². The van der Waals surface area contributed by atoms with Crippen molar-refractivity contribution in [3.05, 3.63) is 40.4 Å². The third kappa shape index (κ3) is 3.34. The molecule has 0 unspecified atom stereocenters. The maximum absolute atomic E-state index is 12.6. The van der Waals surface area contributed by atoms with E-state index >= 15 is 0 Å². The van der Waals surface area contributed by atoms with Crippen LogP contribution < -0.4 is 10.9 Å². The number of para-hydroxylation sites is 1. The highest BCUT2D eigenvalue weighted by atomic mass is 16.5. The monoisotopic (exact) mass is 357 g/mol. The molecule has 1 aromatic carbocycles. The van der Waals surface area contributed by atoms with Crippen LogP contribution in [-0.2, 0) is 20.9 Å². The SMILES string of the molecule is COC(=O)C1(NC(=O)Cn2cnc3c(C)cccc3c2=O)CCCCC1. The molecule has 0 bridgehead atoms. The number of aromatic nitrogens is 2. The predicted molar refractivity (Wildman–Crippen MR) is 96.7 cm³/mol. The van der Waals surface area contributed by atoms with Gasteiger partial charge in [-0.2, -0.15) is 0 Å². The summed E-state index contributed by atoms with van der Waals surface area (Å²) >= 11 is 0. The molecule has 1 aromatic heterocycles. The van der Waals surface area contributed by atoms with Crippen molar-refractivity contribution in [2.24, 2.45) is 0 Å². The maximum Gasteiger partial charge on any atom is 0.331 e. The number of carbonyl (C=O) groups excluding carboxylic acids is 2. The number of hydrogen-bond acceptors (Lipinski definition) is 5. The Morgan fingerprint density at radius 2 is 2.00 bits per heavy atom. The van der Waals surface area contributed by atoms with Crippen LogP contribution in [0.3, 0.4) is 0 Å². The Hall–Kier alpha value is -2.70. The molecular formula is C19H23N3O4. The zero-order chi connectivity index (χ0) is 18.7. The first kappa shape index (κ1) is 18.1. The van der Waals surface area contributed by atoms with Crippen LogP contribution in [-0.4, -0.2) is 34.1 Å². The highest BCUT2D eigenvalue weighted by Crippen LogP contribution is 2.29. The van der Waals surface area contributed by atoms with E-state index in [9.17, 15) is 14.4 Å². The molecule has 0 radical (unpaired) electrons. The van der Waals surface area contributed by atoms with E-state index in [1.54, 1.807) is 12.1 Å². The molecule has 1 aliphatic rings. The van der Waals surface area contributed by atoms with Crippen LogP contribution in [0.25, 0.3) is 10.9 Å². The van der Waals surface area contributed by atoms with Gasteiger partial charge in [-0.15, -0.1) is 0 Å². The lowest BCUT2D eigenvalue weighted by molar-refractivity contribution is -0.152. The molecule has 0 saturated heterocycles. The summed E-state index contributed by atoms with van der Waals surface area (Å²) < 4.78 is 6.17. The number of aryl methyl sites for hydroxylation is 1. The Morgan fingerprint density at radius 1 is 1.27 bits per heavy atom. The third-order valence-electron chi connectivity index (χ3n) is 5.03. The average molecular weight is 357 g/mol. The van der Waals surface area contributed by atoms with E-state index in [0.717, 1.165) is 24.8 Å². The van der Waals surface area contributed by atoms with E-state index < -0.39 is 17.4 Å². The molecule has 0 atom stereocenters. The zero-order valence-corrected chi connectivity index (χ0v) is 15.1. The number of nitrogens with one attached hydrogen (secondary N) is 1. The fraction of sp³-hybridized carbons (Fsp3) is 0.474. The Bertz CT molecular complexity index is 897. The highest BCUT2D eigenvalue weighted by Gasteiger charge is 2.41. The van der Waals surface area contributed by atoms with Gasteiger partial charge in [-0.3, -0.25) is 14.2 Å². The van der Waals surface area contributed by atoms with Crippen molar-refractivity contribution >= 4 is 22.8 Å². The molecule has 1 aliphatic carbocycles. The lowest BCUT2D eigenvalue weighted by Gasteiger charge is -2.35. The summed E-state index contributed by atoms with van der Waals surface area (Å²) in [5.74, 6) is -0.821. The summed E-state index contributed by atoms with van der Waals surface area (Å²) in [6, 6.07) is 5.37. The van der Waals surface area contributed by atoms with Crippen LogP contribution in [0.4, 0.5) is 0 Å². The van der Waals surface area contributed by atoms with Crippen molar-refractivity contribution in [1.29, 1.82) is 0 Å². The maximum atomic E-state index is 12.6. The first-order chi connectivity index (χ1) is 12.5. The van der Waals surface area contributed by atoms with Gasteiger partial charge in [-0.05, 0) is 31.4 Å². The summed E-state index contributed by atoms with van der Waals surface area (Å²) in [5, 5.41) is 3.29. The number of benzene rings is 1. The van der Waals surface area contributed by atoms with E-state index in [1.807, 2.05) is 13.0 Å². The first-order valence-electron chi connectivity index (χ1n) is 8.81. The molecule has 1 amide bonds. The molecule has 7 heteroatoms. The minimum Gasteiger partial charge on any atom is -0.467 e. The van der Waals surface area contributed by atoms with Gasteiger partial charge in [0.2, 0.25) is 5.91 Å². The van der Waals surface area contributed by atoms with Crippen LogP contribution in [0.15, 0.2) is 29.3 Å². The standard InChI is InChI=1S/C19H23N3O4/c1-13-7-6-8-14-16(13)20-12-22(17(14)24)11-15(23)21-19(18(25)26-2)9-4-3-5-10-19/h6-8,12H,3-5,9-11H2,1-2H3,(H,21,23). The van der Waals surface area contributed by atoms with E-state index in [1.165, 1.54) is 18.0 Å². The van der Waals surface area contributed by atoms with Gasteiger partial charge in [-0.1, -0.05) is 31.4 Å². The van der Waals surface area contributed by atoms with Crippen LogP contribution in [0.1, 0.15) is 37.7 Å². The molecule has 3 rings (SSSR count). The van der Waals surface area contributed by atoms with Crippen LogP contribution in [0.2, 0.25) is 0 Å². The zero-order valence-electron chi connectivity index (χ0n) is 15.1. The number of amides is 1. The molecule has 1 N–H and O–H groups in total. The van der Waals surface area contributed by atoms with Crippen molar-refractivity contribution in [1.82, 2.24) is 14.9 Å². The van der Waals surface area contributed by atoms with Gasteiger partial charge in [0, 0.05) is 0 Å². The lowest BCUT2D eigenvalue weighted by atomic mass is 9.81. The van der Waals surface area contributed by atoms with Crippen molar-refractivity contribution < 1.29 is 14.3 Å². The number of ether oxygens (including phenoxy) is 1. The van der Waals surface area contributed by atoms with E-state index in [-0.39, 0.29) is 12.1 Å². The fourth-order valence-electron chi connectivity index (χ4n) is 3.64. The highest BCUT2D eigenvalue weighted by molar-refractivity contribution is 5.88. The molecule has 138 valence electrons. The van der Waals surface area contributed by atoms with Crippen LogP contribution >= 0.6 is 0 Å². The number of esters is 1. The third-order valence-corrected chi connectivity index (χ3v) is 5.03. The molecule has 26 heavy (non-hydrogen) atoms. The smallest absolute Gasteiger partial charge is 0.331 e. The lowest BCUT2D eigenvalue weighted by Crippen LogP contribution is -2.57. The summed E-state index contributed by atoms with van der Waals surface area (Å²) in [7, 11) is 1.32. The first-order valence-corrected chi connectivity index (χ1v) is 8.81. The van der Waals surface area contributed by atoms with Gasteiger partial charge < -0.3 is 10.1 Å². The molecule has 2 aromatic rings. The number of hydrogen-bond donors (Lipinski definition) is 1. The summed E-state index contributed by atoms with van der Waals surface area (Å²) in [6.07, 6.45) is 5.22. The Balaban J connectivity index is 1.83. The van der Waals surface area contributed by atoms with Crippen LogP contribution in [0.5, 0.6) is 0 Å². The van der Waals surface area contributed by atoms with Crippen LogP contribution in [0, 0.1) is 6.92 Å². The predicted octanol–water partition coefficient (Wildman–Crippen LogP) is 1.70. The van der Waals surface area contributed by atoms with Crippen molar-refractivity contribution in [2.45, 2.75) is 51.1 Å². The van der Waals surface area contributed by atoms with E-state index in [2.05, 4.69) is 10.3 Å². The summed E-state index contributed by atoms with van der Waals surface area (Å²) in [6.45, 7) is 1.70. The van der Waals surface area contributed by atoms with Gasteiger partial charge in [0.05, 0.1) is 24.3 Å². The average Bonchev–Trinajstić information content (AvgIpc) is 2.64. The summed E-state index contributed by atoms with van der Waals surface area (Å²) in [4.78, 5) is 41.7. The second kappa shape index (κ2) is 7.27. The molecule has 0 spiro atoms. The summed E-state index contributed by atoms with van der Waals surface area (Å²) in [5.41, 5.74) is 0.273. The number of methoxy groups -OCH3 is 1. The van der Waals surface area contributed by atoms with Gasteiger partial charge >= 0.3 is 5.97 Å². The number of fused-ring (bicyclic) bond motifs is 1. The van der Waals surface area contributed by atoms with E-state index in [4.69, 9.17) is 4.74 Å². The van der Waals surface area contributed by atoms with Gasteiger partial charge in [-0.25, -0.2) is 9.78 Å². The molecule has 7 nitrogen and oxygen atoms in total. The second-order valence-corrected chi connectivity index (χ2v) is 6.83. The molecular weight excluding hydrogens is 334 g/mol. The molecule has 1 heterocycles. The van der Waals surface area contributed by atoms with Gasteiger partial charge in [0.15, 0.2) is 0 Å². The largest absolute Gasteiger partial charge is 0.467 e. The Labute approximate surface area is 151 Å².